The minimum absolute atomic E-state index is 0.587. The molecular weight excluding hydrogens is 194 g/mol. The molecule has 0 amide bonds. The molecule has 0 bridgehead atoms. The van der Waals surface area contributed by atoms with E-state index in [-0.39, 0.29) is 0 Å². The van der Waals surface area contributed by atoms with Crippen LogP contribution in [0.4, 0.5) is 0 Å². The van der Waals surface area contributed by atoms with Gasteiger partial charge in [0.1, 0.15) is 0 Å². The highest BCUT2D eigenvalue weighted by molar-refractivity contribution is 5.73. The van der Waals surface area contributed by atoms with Crippen LogP contribution in [0.2, 0.25) is 0 Å². The van der Waals surface area contributed by atoms with Crippen LogP contribution in [0.1, 0.15) is 16.7 Å². The lowest BCUT2D eigenvalue weighted by Gasteiger charge is -2.13. The molecule has 0 saturated heterocycles. The molecule has 0 heterocycles. The third kappa shape index (κ3) is 1.86. The van der Waals surface area contributed by atoms with Gasteiger partial charge in [0.05, 0.1) is 0 Å². The zero-order chi connectivity index (χ0) is 11.5. The number of hydrogen-bond donors (Lipinski definition) is 1. The average molecular weight is 211 g/mol. The van der Waals surface area contributed by atoms with Gasteiger partial charge in [0.15, 0.2) is 0 Å². The monoisotopic (exact) mass is 211 g/mol. The van der Waals surface area contributed by atoms with E-state index < -0.39 is 0 Å². The van der Waals surface area contributed by atoms with Crippen molar-refractivity contribution >= 4 is 0 Å². The van der Waals surface area contributed by atoms with Crippen LogP contribution in [-0.4, -0.2) is 0 Å². The van der Waals surface area contributed by atoms with Crippen LogP contribution in [0, 0.1) is 13.8 Å². The van der Waals surface area contributed by atoms with E-state index in [4.69, 9.17) is 5.73 Å². The summed E-state index contributed by atoms with van der Waals surface area (Å²) in [7, 11) is 0. The highest BCUT2D eigenvalue weighted by Gasteiger charge is 2.08. The van der Waals surface area contributed by atoms with Crippen molar-refractivity contribution < 1.29 is 0 Å². The van der Waals surface area contributed by atoms with E-state index in [1.165, 1.54) is 27.8 Å². The Morgan fingerprint density at radius 2 is 1.50 bits per heavy atom. The summed E-state index contributed by atoms with van der Waals surface area (Å²) in [5.41, 5.74) is 12.2. The van der Waals surface area contributed by atoms with Gasteiger partial charge in [0.2, 0.25) is 0 Å². The van der Waals surface area contributed by atoms with Gasteiger partial charge in [0, 0.05) is 6.54 Å². The van der Waals surface area contributed by atoms with Gasteiger partial charge in [-0.1, -0.05) is 42.5 Å². The smallest absolute Gasteiger partial charge is 0.0184 e. The summed E-state index contributed by atoms with van der Waals surface area (Å²) in [6, 6.07) is 14.8. The maximum Gasteiger partial charge on any atom is 0.0184 e. The Balaban J connectivity index is 2.67. The van der Waals surface area contributed by atoms with Gasteiger partial charge in [-0.3, -0.25) is 0 Å². The normalized spacial score (nSPS) is 10.4. The van der Waals surface area contributed by atoms with Gasteiger partial charge < -0.3 is 5.73 Å². The molecule has 2 rings (SSSR count). The molecule has 2 aromatic rings. The van der Waals surface area contributed by atoms with E-state index in [2.05, 4.69) is 50.2 Å². The molecule has 0 spiro atoms. The van der Waals surface area contributed by atoms with Crippen molar-refractivity contribution in [2.45, 2.75) is 20.4 Å². The van der Waals surface area contributed by atoms with Crippen molar-refractivity contribution in [3.05, 3.63) is 59.2 Å². The Morgan fingerprint density at radius 3 is 2.12 bits per heavy atom. The van der Waals surface area contributed by atoms with Crippen LogP contribution in [0.25, 0.3) is 11.1 Å². The number of nitrogens with two attached hydrogens (primary N) is 1. The second-order valence-electron chi connectivity index (χ2n) is 4.13. The Kier molecular flexibility index (Phi) is 3.07. The number of benzene rings is 2. The lowest BCUT2D eigenvalue weighted by atomic mass is 9.92. The highest BCUT2D eigenvalue weighted by Crippen LogP contribution is 2.29. The van der Waals surface area contributed by atoms with Gasteiger partial charge >= 0.3 is 0 Å². The van der Waals surface area contributed by atoms with Crippen LogP contribution in [-0.2, 0) is 6.54 Å². The summed E-state index contributed by atoms with van der Waals surface area (Å²) in [5, 5.41) is 0. The van der Waals surface area contributed by atoms with Gasteiger partial charge in [-0.2, -0.15) is 0 Å². The third-order valence-corrected chi connectivity index (χ3v) is 2.99. The van der Waals surface area contributed by atoms with Crippen molar-refractivity contribution in [3.8, 4) is 11.1 Å². The Labute approximate surface area is 96.9 Å². The van der Waals surface area contributed by atoms with E-state index in [9.17, 15) is 0 Å². The van der Waals surface area contributed by atoms with Gasteiger partial charge in [-0.15, -0.1) is 0 Å². The molecule has 1 heteroatoms. The van der Waals surface area contributed by atoms with Gasteiger partial charge in [-0.05, 0) is 41.7 Å². The molecule has 0 atom stereocenters. The summed E-state index contributed by atoms with van der Waals surface area (Å²) in [5.74, 6) is 0. The Hall–Kier alpha value is -1.60. The van der Waals surface area contributed by atoms with E-state index in [1.807, 2.05) is 6.07 Å². The molecule has 2 aromatic carbocycles. The number of hydrogen-bond acceptors (Lipinski definition) is 1. The summed E-state index contributed by atoms with van der Waals surface area (Å²) in [6.07, 6.45) is 0. The summed E-state index contributed by atoms with van der Waals surface area (Å²) >= 11 is 0. The molecule has 0 saturated carbocycles. The van der Waals surface area contributed by atoms with Crippen LogP contribution >= 0.6 is 0 Å². The topological polar surface area (TPSA) is 26.0 Å². The minimum Gasteiger partial charge on any atom is -0.326 e. The van der Waals surface area contributed by atoms with Crippen LogP contribution in [0.3, 0.4) is 0 Å². The molecule has 0 unspecified atom stereocenters. The van der Waals surface area contributed by atoms with Crippen molar-refractivity contribution in [1.82, 2.24) is 0 Å². The largest absolute Gasteiger partial charge is 0.326 e. The molecule has 0 aliphatic carbocycles. The van der Waals surface area contributed by atoms with Crippen molar-refractivity contribution in [2.24, 2.45) is 5.73 Å². The number of aryl methyl sites for hydroxylation is 2. The lowest BCUT2D eigenvalue weighted by Crippen LogP contribution is -2.00. The first-order valence-corrected chi connectivity index (χ1v) is 5.58. The molecule has 1 nitrogen and oxygen atoms in total. The molecule has 0 radical (unpaired) electrons. The fourth-order valence-electron chi connectivity index (χ4n) is 2.18. The molecule has 0 aliphatic rings. The lowest BCUT2D eigenvalue weighted by molar-refractivity contribution is 1.07. The molecule has 0 aliphatic heterocycles. The Bertz CT molecular complexity index is 480. The first-order chi connectivity index (χ1) is 7.74. The molecule has 82 valence electrons. The maximum absolute atomic E-state index is 5.79. The zero-order valence-corrected chi connectivity index (χ0v) is 9.83. The van der Waals surface area contributed by atoms with Crippen LogP contribution in [0.15, 0.2) is 42.5 Å². The van der Waals surface area contributed by atoms with Crippen molar-refractivity contribution in [3.63, 3.8) is 0 Å². The predicted molar refractivity (Wildman–Crippen MR) is 69.2 cm³/mol. The van der Waals surface area contributed by atoms with Gasteiger partial charge in [-0.25, -0.2) is 0 Å². The minimum atomic E-state index is 0.587. The van der Waals surface area contributed by atoms with Crippen molar-refractivity contribution in [1.29, 1.82) is 0 Å². The van der Waals surface area contributed by atoms with Crippen LogP contribution in [0.5, 0.6) is 0 Å². The van der Waals surface area contributed by atoms with Crippen molar-refractivity contribution in [2.75, 3.05) is 0 Å². The van der Waals surface area contributed by atoms with E-state index >= 15 is 0 Å². The second kappa shape index (κ2) is 4.50. The molecule has 2 N–H and O–H groups in total. The van der Waals surface area contributed by atoms with Gasteiger partial charge in [0.25, 0.3) is 0 Å². The fraction of sp³-hybridized carbons (Fsp3) is 0.200. The Morgan fingerprint density at radius 1 is 0.875 bits per heavy atom. The fourth-order valence-corrected chi connectivity index (χ4v) is 2.18. The quantitative estimate of drug-likeness (QED) is 0.809. The average Bonchev–Trinajstić information content (AvgIpc) is 2.29. The zero-order valence-electron chi connectivity index (χ0n) is 9.83. The van der Waals surface area contributed by atoms with E-state index in [0.717, 1.165) is 0 Å². The molecule has 0 aromatic heterocycles. The maximum atomic E-state index is 5.79. The first kappa shape index (κ1) is 10.9. The highest BCUT2D eigenvalue weighted by atomic mass is 14.5. The number of rotatable bonds is 2. The standard InChI is InChI=1S/C15H17N/c1-11-6-5-7-12(2)15(11)14-9-4-3-8-13(14)10-16/h3-9H,10,16H2,1-2H3. The predicted octanol–water partition coefficient (Wildman–Crippen LogP) is 3.43. The third-order valence-electron chi connectivity index (χ3n) is 2.99. The van der Waals surface area contributed by atoms with Crippen LogP contribution < -0.4 is 5.73 Å². The summed E-state index contributed by atoms with van der Waals surface area (Å²) in [6.45, 7) is 4.88. The molecule has 0 fully saturated rings. The first-order valence-electron chi connectivity index (χ1n) is 5.58. The second-order valence-corrected chi connectivity index (χ2v) is 4.13. The molecule has 16 heavy (non-hydrogen) atoms. The van der Waals surface area contributed by atoms with E-state index in [0.29, 0.717) is 6.54 Å². The summed E-state index contributed by atoms with van der Waals surface area (Å²) in [4.78, 5) is 0. The SMILES string of the molecule is Cc1cccc(C)c1-c1ccccc1CN. The summed E-state index contributed by atoms with van der Waals surface area (Å²) < 4.78 is 0. The van der Waals surface area contributed by atoms with E-state index in [1.54, 1.807) is 0 Å². The molecular formula is C15H17N.